The summed E-state index contributed by atoms with van der Waals surface area (Å²) in [6, 6.07) is 12.4. The van der Waals surface area contributed by atoms with Crippen molar-refractivity contribution in [1.82, 2.24) is 0 Å². The zero-order valence-electron chi connectivity index (χ0n) is 16.4. The number of benzene rings is 2. The van der Waals surface area contributed by atoms with Gasteiger partial charge < -0.3 is 9.73 Å². The molecule has 1 unspecified atom stereocenters. The van der Waals surface area contributed by atoms with Gasteiger partial charge in [-0.25, -0.2) is 8.78 Å². The summed E-state index contributed by atoms with van der Waals surface area (Å²) < 4.78 is 33.3. The third-order valence-corrected chi connectivity index (χ3v) is 5.09. The monoisotopic (exact) mass is 411 g/mol. The molecule has 1 aliphatic heterocycles. The fourth-order valence-corrected chi connectivity index (χ4v) is 3.45. The van der Waals surface area contributed by atoms with Crippen molar-refractivity contribution in [1.29, 1.82) is 0 Å². The second-order valence-corrected chi connectivity index (χ2v) is 7.06. The van der Waals surface area contributed by atoms with Crippen LogP contribution in [0.15, 0.2) is 64.3 Å². The lowest BCUT2D eigenvalue weighted by Crippen LogP contribution is -2.36. The zero-order chi connectivity index (χ0) is 21.5. The molecule has 8 heteroatoms. The van der Waals surface area contributed by atoms with Gasteiger partial charge in [0, 0.05) is 23.1 Å². The molecule has 0 spiro atoms. The highest BCUT2D eigenvalue weighted by Crippen LogP contribution is 2.34. The van der Waals surface area contributed by atoms with Crippen LogP contribution in [-0.2, 0) is 15.5 Å². The van der Waals surface area contributed by atoms with Crippen LogP contribution in [0.3, 0.4) is 0 Å². The van der Waals surface area contributed by atoms with Crippen LogP contribution in [0.5, 0.6) is 0 Å². The smallest absolute Gasteiger partial charge is 0.273 e. The Labute approximate surface area is 171 Å². The minimum Gasteiger partial charge on any atom is -0.464 e. The normalized spacial score (nSPS) is 16.8. The SMILES string of the molecule is CCC(F)(F)c1cccc(NC(=O)C2C(=O)N(c3cccc4occc34)N=C2C)c1. The maximum Gasteiger partial charge on any atom is 0.273 e. The van der Waals surface area contributed by atoms with Crippen LogP contribution in [-0.4, -0.2) is 17.5 Å². The van der Waals surface area contributed by atoms with E-state index in [2.05, 4.69) is 10.4 Å². The molecule has 0 radical (unpaired) electrons. The molecule has 3 aromatic rings. The molecule has 0 fully saturated rings. The predicted octanol–water partition coefficient (Wildman–Crippen LogP) is 4.91. The molecule has 1 aromatic heterocycles. The highest BCUT2D eigenvalue weighted by Gasteiger charge is 2.40. The van der Waals surface area contributed by atoms with Crippen molar-refractivity contribution in [2.75, 3.05) is 10.3 Å². The van der Waals surface area contributed by atoms with Crippen molar-refractivity contribution in [2.24, 2.45) is 11.0 Å². The molecular weight excluding hydrogens is 392 g/mol. The lowest BCUT2D eigenvalue weighted by molar-refractivity contribution is -0.127. The van der Waals surface area contributed by atoms with Crippen molar-refractivity contribution in [2.45, 2.75) is 26.2 Å². The fraction of sp³-hybridized carbons (Fsp3) is 0.227. The van der Waals surface area contributed by atoms with Crippen LogP contribution >= 0.6 is 0 Å². The van der Waals surface area contributed by atoms with E-state index in [9.17, 15) is 18.4 Å². The van der Waals surface area contributed by atoms with Gasteiger partial charge in [-0.3, -0.25) is 9.59 Å². The highest BCUT2D eigenvalue weighted by molar-refractivity contribution is 6.29. The summed E-state index contributed by atoms with van der Waals surface area (Å²) in [4.78, 5) is 25.8. The molecule has 1 N–H and O–H groups in total. The number of carbonyl (C=O) groups is 2. The summed E-state index contributed by atoms with van der Waals surface area (Å²) in [5, 5.41) is 8.70. The number of halogens is 2. The Morgan fingerprint density at radius 2 is 2.00 bits per heavy atom. The van der Waals surface area contributed by atoms with Crippen LogP contribution in [0.2, 0.25) is 0 Å². The van der Waals surface area contributed by atoms with Crippen molar-refractivity contribution in [3.05, 3.63) is 60.4 Å². The molecular formula is C22H19F2N3O3. The lowest BCUT2D eigenvalue weighted by Gasteiger charge is -2.17. The molecule has 154 valence electrons. The summed E-state index contributed by atoms with van der Waals surface area (Å²) in [5.74, 6) is -5.29. The number of furan rings is 1. The molecule has 1 atom stereocenters. The van der Waals surface area contributed by atoms with E-state index in [4.69, 9.17) is 4.42 Å². The van der Waals surface area contributed by atoms with Gasteiger partial charge in [-0.05, 0) is 37.3 Å². The van der Waals surface area contributed by atoms with Gasteiger partial charge in [0.05, 0.1) is 17.7 Å². The first kappa shape index (κ1) is 19.8. The second-order valence-electron chi connectivity index (χ2n) is 7.06. The van der Waals surface area contributed by atoms with Crippen LogP contribution in [0, 0.1) is 5.92 Å². The van der Waals surface area contributed by atoms with Crippen LogP contribution in [0.1, 0.15) is 25.8 Å². The van der Waals surface area contributed by atoms with E-state index in [1.54, 1.807) is 31.2 Å². The Morgan fingerprint density at radius 1 is 1.23 bits per heavy atom. The lowest BCUT2D eigenvalue weighted by atomic mass is 10.0. The first-order valence-electron chi connectivity index (χ1n) is 9.46. The maximum absolute atomic E-state index is 14.0. The van der Waals surface area contributed by atoms with E-state index in [0.29, 0.717) is 22.4 Å². The number of hydrogen-bond acceptors (Lipinski definition) is 4. The van der Waals surface area contributed by atoms with E-state index in [1.165, 1.54) is 42.5 Å². The zero-order valence-corrected chi connectivity index (χ0v) is 16.4. The van der Waals surface area contributed by atoms with Crippen molar-refractivity contribution in [3.63, 3.8) is 0 Å². The van der Waals surface area contributed by atoms with Gasteiger partial charge >= 0.3 is 0 Å². The van der Waals surface area contributed by atoms with E-state index < -0.39 is 23.7 Å². The van der Waals surface area contributed by atoms with Gasteiger partial charge in [0.1, 0.15) is 5.58 Å². The van der Waals surface area contributed by atoms with Crippen molar-refractivity contribution >= 4 is 39.9 Å². The molecule has 4 rings (SSSR count). The number of carbonyl (C=O) groups excluding carboxylic acids is 2. The molecule has 6 nitrogen and oxygen atoms in total. The fourth-order valence-electron chi connectivity index (χ4n) is 3.45. The maximum atomic E-state index is 14.0. The summed E-state index contributed by atoms with van der Waals surface area (Å²) in [5.41, 5.74) is 1.41. The predicted molar refractivity (Wildman–Crippen MR) is 110 cm³/mol. The number of alkyl halides is 2. The number of nitrogens with zero attached hydrogens (tertiary/aromatic N) is 2. The minimum atomic E-state index is -3.00. The van der Waals surface area contributed by atoms with Crippen LogP contribution < -0.4 is 10.3 Å². The number of amides is 2. The van der Waals surface area contributed by atoms with Gasteiger partial charge in [0.15, 0.2) is 5.92 Å². The molecule has 0 saturated heterocycles. The summed E-state index contributed by atoms with van der Waals surface area (Å²) >= 11 is 0. The summed E-state index contributed by atoms with van der Waals surface area (Å²) in [6.45, 7) is 2.97. The van der Waals surface area contributed by atoms with Gasteiger partial charge in [0.25, 0.3) is 11.8 Å². The van der Waals surface area contributed by atoms with Crippen LogP contribution in [0.25, 0.3) is 11.0 Å². The average molecular weight is 411 g/mol. The van der Waals surface area contributed by atoms with Crippen LogP contribution in [0.4, 0.5) is 20.2 Å². The Hall–Kier alpha value is -3.55. The number of rotatable bonds is 5. The van der Waals surface area contributed by atoms with E-state index in [-0.39, 0.29) is 17.7 Å². The quantitative estimate of drug-likeness (QED) is 0.606. The average Bonchev–Trinajstić information content (AvgIpc) is 3.32. The van der Waals surface area contributed by atoms with E-state index >= 15 is 0 Å². The molecule has 0 saturated carbocycles. The topological polar surface area (TPSA) is 74.9 Å². The Kier molecular flexibility index (Phi) is 4.85. The summed E-state index contributed by atoms with van der Waals surface area (Å²) in [7, 11) is 0. The highest BCUT2D eigenvalue weighted by atomic mass is 19.3. The number of hydrazone groups is 1. The Bertz CT molecular complexity index is 1170. The standard InChI is InChI=1S/C22H19F2N3O3/c1-3-22(23,24)14-6-4-7-15(12-14)25-20(28)19-13(2)26-27(21(19)29)17-8-5-9-18-16(17)10-11-30-18/h4-12,19H,3H2,1-2H3,(H,25,28). The third kappa shape index (κ3) is 3.34. The van der Waals surface area contributed by atoms with Gasteiger partial charge in [0.2, 0.25) is 5.91 Å². The molecule has 2 amide bonds. The molecule has 0 aliphatic carbocycles. The molecule has 2 heterocycles. The van der Waals surface area contributed by atoms with Crippen molar-refractivity contribution < 1.29 is 22.8 Å². The molecule has 1 aliphatic rings. The number of hydrogen-bond donors (Lipinski definition) is 1. The Morgan fingerprint density at radius 3 is 2.77 bits per heavy atom. The molecule has 0 bridgehead atoms. The number of anilines is 2. The third-order valence-electron chi connectivity index (χ3n) is 5.09. The van der Waals surface area contributed by atoms with Crippen molar-refractivity contribution in [3.8, 4) is 0 Å². The van der Waals surface area contributed by atoms with Gasteiger partial charge in [-0.1, -0.05) is 25.1 Å². The second kappa shape index (κ2) is 7.37. The van der Waals surface area contributed by atoms with E-state index in [1.807, 2.05) is 0 Å². The Balaban J connectivity index is 1.58. The summed E-state index contributed by atoms with van der Waals surface area (Å²) in [6.07, 6.45) is 1.15. The molecule has 2 aromatic carbocycles. The number of fused-ring (bicyclic) bond motifs is 1. The number of nitrogens with one attached hydrogen (secondary N) is 1. The first-order chi connectivity index (χ1) is 14.3. The van der Waals surface area contributed by atoms with E-state index in [0.717, 1.165) is 0 Å². The van der Waals surface area contributed by atoms with Gasteiger partial charge in [-0.15, -0.1) is 0 Å². The van der Waals surface area contributed by atoms with Gasteiger partial charge in [-0.2, -0.15) is 10.1 Å². The first-order valence-corrected chi connectivity index (χ1v) is 9.46. The molecule has 30 heavy (non-hydrogen) atoms. The minimum absolute atomic E-state index is 0.195. The largest absolute Gasteiger partial charge is 0.464 e.